The first-order valence-corrected chi connectivity index (χ1v) is 16.8. The van der Waals surface area contributed by atoms with E-state index in [4.69, 9.17) is 14.2 Å². The monoisotopic (exact) mass is 684 g/mol. The lowest BCUT2D eigenvalue weighted by Crippen LogP contribution is -2.57. The first-order valence-electron chi connectivity index (χ1n) is 16.8. The molecule has 0 unspecified atom stereocenters. The molecule has 2 aromatic carbocycles. The molecule has 2 saturated heterocycles. The maximum atomic E-state index is 14.7. The number of nitrogens with zero attached hydrogens (tertiary/aromatic N) is 5. The molecule has 1 spiro atoms. The number of methoxy groups -OCH3 is 1. The molecule has 262 valence electrons. The number of ether oxygens (including phenoxy) is 3. The number of cyclic esters (lactones) is 1. The van der Waals surface area contributed by atoms with Crippen LogP contribution < -0.4 is 5.32 Å². The third-order valence-corrected chi connectivity index (χ3v) is 10.0. The van der Waals surface area contributed by atoms with E-state index >= 15 is 0 Å². The smallest absolute Gasteiger partial charge is 0.313 e. The summed E-state index contributed by atoms with van der Waals surface area (Å²) in [6.07, 6.45) is 5.54. The Morgan fingerprint density at radius 2 is 1.84 bits per heavy atom. The summed E-state index contributed by atoms with van der Waals surface area (Å²) in [7, 11) is 1.50. The first-order chi connectivity index (χ1) is 24.3. The molecular formula is C36H40N6O8. The number of aliphatic hydroxyl groups excluding tert-OH is 1. The number of fused-ring (bicyclic) bond motifs is 3. The van der Waals surface area contributed by atoms with Crippen LogP contribution in [0.15, 0.2) is 78.9 Å². The second-order valence-corrected chi connectivity index (χ2v) is 13.2. The average Bonchev–Trinajstić information content (AvgIpc) is 3.72. The molecule has 50 heavy (non-hydrogen) atoms. The molecule has 4 aliphatic heterocycles. The van der Waals surface area contributed by atoms with Gasteiger partial charge < -0.3 is 34.4 Å². The summed E-state index contributed by atoms with van der Waals surface area (Å²) in [5.74, 6) is -4.16. The van der Waals surface area contributed by atoms with Gasteiger partial charge in [0.1, 0.15) is 35.9 Å². The fourth-order valence-corrected chi connectivity index (χ4v) is 7.75. The fourth-order valence-electron chi connectivity index (χ4n) is 7.75. The van der Waals surface area contributed by atoms with Crippen LogP contribution in [0.5, 0.6) is 0 Å². The van der Waals surface area contributed by atoms with E-state index in [-0.39, 0.29) is 32.1 Å². The molecule has 2 fully saturated rings. The van der Waals surface area contributed by atoms with Crippen LogP contribution in [-0.2, 0) is 40.1 Å². The summed E-state index contributed by atoms with van der Waals surface area (Å²) in [6, 6.07) is 13.7. The van der Waals surface area contributed by atoms with Crippen molar-refractivity contribution < 1.29 is 38.5 Å². The standard InChI is InChI=1S/C36H40N6O8/c1-22(19-43)42-32-34(46)40(21-41-26-14-7-6-13-24(26)38-39-41)18-10-17-36(32)30(33(42)45)29-27(50-36)15-8-9-16-28(44)37-25(20-48-2)31(49-35(29)47)23-11-4-3-5-12-23/h3-8,10-15,17,22,25,27,29-32,43H,9,16,18-21H2,1-2H3,(H,37,44)/b15-8-/t22-,25-,27-,29+,30+,31-,32-,36+/m1/s1. The Kier molecular flexibility index (Phi) is 9.24. The molecule has 3 amide bonds. The Labute approximate surface area is 288 Å². The third-order valence-electron chi connectivity index (χ3n) is 10.0. The van der Waals surface area contributed by atoms with Crippen molar-refractivity contribution in [2.75, 3.05) is 26.9 Å². The van der Waals surface area contributed by atoms with Gasteiger partial charge in [0.05, 0.1) is 42.8 Å². The van der Waals surface area contributed by atoms with Crippen molar-refractivity contribution in [3.8, 4) is 0 Å². The lowest BCUT2D eigenvalue weighted by molar-refractivity contribution is -0.163. The lowest BCUT2D eigenvalue weighted by Gasteiger charge is -2.37. The molecule has 14 heteroatoms. The van der Waals surface area contributed by atoms with Gasteiger partial charge in [0.25, 0.3) is 5.91 Å². The van der Waals surface area contributed by atoms with Gasteiger partial charge in [0, 0.05) is 20.1 Å². The zero-order chi connectivity index (χ0) is 35.0. The van der Waals surface area contributed by atoms with Crippen LogP contribution in [0.2, 0.25) is 0 Å². The van der Waals surface area contributed by atoms with Crippen LogP contribution in [0.25, 0.3) is 11.0 Å². The minimum Gasteiger partial charge on any atom is -0.455 e. The number of likely N-dealkylation sites (tertiary alicyclic amines) is 1. The molecule has 5 heterocycles. The summed E-state index contributed by atoms with van der Waals surface area (Å²) in [6.45, 7) is 1.52. The minimum absolute atomic E-state index is 0.0476. The Morgan fingerprint density at radius 1 is 1.06 bits per heavy atom. The highest BCUT2D eigenvalue weighted by molar-refractivity contribution is 5.99. The van der Waals surface area contributed by atoms with E-state index in [9.17, 15) is 24.3 Å². The van der Waals surface area contributed by atoms with Crippen molar-refractivity contribution >= 4 is 34.7 Å². The Hall–Kier alpha value is -4.92. The van der Waals surface area contributed by atoms with Gasteiger partial charge in [-0.1, -0.05) is 72.0 Å². The predicted octanol–water partition coefficient (Wildman–Crippen LogP) is 1.51. The Balaban J connectivity index is 1.29. The number of benzene rings is 2. The first kappa shape index (κ1) is 33.6. The fraction of sp³-hybridized carbons (Fsp3) is 0.444. The number of carbonyl (C=O) groups excluding carboxylic acids is 4. The van der Waals surface area contributed by atoms with Crippen molar-refractivity contribution in [3.05, 3.63) is 84.5 Å². The van der Waals surface area contributed by atoms with Crippen LogP contribution in [-0.4, -0.2) is 110 Å². The number of allylic oxidation sites excluding steroid dienone is 1. The quantitative estimate of drug-likeness (QED) is 0.275. The van der Waals surface area contributed by atoms with Gasteiger partial charge in [-0.25, -0.2) is 4.68 Å². The van der Waals surface area contributed by atoms with Crippen molar-refractivity contribution in [2.24, 2.45) is 11.8 Å². The van der Waals surface area contributed by atoms with Crippen LogP contribution in [0, 0.1) is 11.8 Å². The van der Waals surface area contributed by atoms with Crippen LogP contribution >= 0.6 is 0 Å². The van der Waals surface area contributed by atoms with E-state index < -0.39 is 72.2 Å². The number of nitrogens with one attached hydrogen (secondary N) is 1. The molecule has 14 nitrogen and oxygen atoms in total. The molecule has 2 N–H and O–H groups in total. The Bertz CT molecular complexity index is 1830. The molecule has 8 atom stereocenters. The van der Waals surface area contributed by atoms with E-state index in [2.05, 4.69) is 15.6 Å². The molecule has 7 rings (SSSR count). The van der Waals surface area contributed by atoms with Crippen molar-refractivity contribution in [1.29, 1.82) is 0 Å². The van der Waals surface area contributed by atoms with Gasteiger partial charge in [-0.15, -0.1) is 5.10 Å². The molecule has 3 aromatic rings. The molecule has 0 saturated carbocycles. The zero-order valence-corrected chi connectivity index (χ0v) is 27.8. The van der Waals surface area contributed by atoms with Crippen molar-refractivity contribution in [2.45, 2.75) is 62.4 Å². The molecule has 1 aromatic heterocycles. The van der Waals surface area contributed by atoms with Crippen molar-refractivity contribution in [1.82, 2.24) is 30.1 Å². The summed E-state index contributed by atoms with van der Waals surface area (Å²) in [4.78, 5) is 59.8. The average molecular weight is 685 g/mol. The Morgan fingerprint density at radius 3 is 2.62 bits per heavy atom. The molecule has 4 aliphatic rings. The number of hydrogen-bond donors (Lipinski definition) is 2. The van der Waals surface area contributed by atoms with E-state index in [1.165, 1.54) is 12.0 Å². The van der Waals surface area contributed by atoms with Gasteiger partial charge in [-0.3, -0.25) is 19.2 Å². The second kappa shape index (κ2) is 13.8. The van der Waals surface area contributed by atoms with Crippen LogP contribution in [0.4, 0.5) is 0 Å². The second-order valence-electron chi connectivity index (χ2n) is 13.2. The van der Waals surface area contributed by atoms with E-state index in [1.54, 1.807) is 65.1 Å². The van der Waals surface area contributed by atoms with E-state index in [1.807, 2.05) is 30.3 Å². The van der Waals surface area contributed by atoms with E-state index in [0.29, 0.717) is 17.5 Å². The van der Waals surface area contributed by atoms with Gasteiger partial charge >= 0.3 is 5.97 Å². The maximum Gasteiger partial charge on any atom is 0.313 e. The van der Waals surface area contributed by atoms with Crippen LogP contribution in [0.1, 0.15) is 31.4 Å². The maximum absolute atomic E-state index is 14.7. The summed E-state index contributed by atoms with van der Waals surface area (Å²) < 4.78 is 20.1. The summed E-state index contributed by atoms with van der Waals surface area (Å²) in [5.41, 5.74) is 0.482. The lowest BCUT2D eigenvalue weighted by atomic mass is 9.77. The third kappa shape index (κ3) is 5.76. The zero-order valence-electron chi connectivity index (χ0n) is 27.8. The number of aliphatic hydroxyl groups is 1. The van der Waals surface area contributed by atoms with Gasteiger partial charge in [-0.2, -0.15) is 0 Å². The molecule has 0 aliphatic carbocycles. The highest BCUT2D eigenvalue weighted by Gasteiger charge is 2.72. The largest absolute Gasteiger partial charge is 0.455 e. The van der Waals surface area contributed by atoms with Gasteiger partial charge in [0.2, 0.25) is 11.8 Å². The van der Waals surface area contributed by atoms with Crippen molar-refractivity contribution in [3.63, 3.8) is 0 Å². The topological polar surface area (TPSA) is 165 Å². The van der Waals surface area contributed by atoms with Crippen LogP contribution in [0.3, 0.4) is 0 Å². The SMILES string of the molecule is COC[C@H]1NC(=O)CC/C=C\[C@H]2O[C@]34C=CCN(Cn5nnc6ccccc65)C(=O)[C@H]3N([C@H](C)CO)C(=O)[C@@H]4[C@H]2C(=O)O[C@@H]1c1ccccc1. The number of carbonyl (C=O) groups is 4. The number of esters is 1. The molecular weight excluding hydrogens is 644 g/mol. The number of amides is 3. The summed E-state index contributed by atoms with van der Waals surface area (Å²) >= 11 is 0. The number of para-hydroxylation sites is 1. The van der Waals surface area contributed by atoms with E-state index in [0.717, 1.165) is 5.52 Å². The highest BCUT2D eigenvalue weighted by atomic mass is 16.6. The number of aromatic nitrogens is 3. The minimum atomic E-state index is -1.56. The normalized spacial score (nSPS) is 31.2. The molecule has 0 bridgehead atoms. The number of hydrogen-bond acceptors (Lipinski definition) is 10. The summed E-state index contributed by atoms with van der Waals surface area (Å²) in [5, 5.41) is 21.8. The number of rotatable bonds is 7. The molecule has 0 radical (unpaired) electrons. The van der Waals surface area contributed by atoms with Gasteiger partial charge in [0.15, 0.2) is 0 Å². The van der Waals surface area contributed by atoms with Gasteiger partial charge in [-0.05, 0) is 31.0 Å². The highest BCUT2D eigenvalue weighted by Crippen LogP contribution is 2.54. The predicted molar refractivity (Wildman–Crippen MR) is 178 cm³/mol.